The van der Waals surface area contributed by atoms with E-state index in [4.69, 9.17) is 0 Å². The first-order chi connectivity index (χ1) is 8.17. The van der Waals surface area contributed by atoms with Gasteiger partial charge in [0.1, 0.15) is 0 Å². The average molecular weight is 266 g/mol. The van der Waals surface area contributed by atoms with Crippen LogP contribution in [-0.2, 0) is 11.2 Å². The van der Waals surface area contributed by atoms with Crippen molar-refractivity contribution in [3.8, 4) is 0 Å². The van der Waals surface area contributed by atoms with Crippen LogP contribution in [0.15, 0.2) is 17.8 Å². The highest BCUT2D eigenvalue weighted by molar-refractivity contribution is 8.01. The van der Waals surface area contributed by atoms with Crippen molar-refractivity contribution in [3.05, 3.63) is 23.5 Å². The molecule has 3 nitrogen and oxygen atoms in total. The van der Waals surface area contributed by atoms with Gasteiger partial charge in [-0.1, -0.05) is 0 Å². The summed E-state index contributed by atoms with van der Waals surface area (Å²) in [5.41, 5.74) is 0.899. The molecule has 0 N–H and O–H groups in total. The van der Waals surface area contributed by atoms with Gasteiger partial charge in [-0.15, -0.1) is 23.1 Å². The van der Waals surface area contributed by atoms with Crippen LogP contribution in [0.5, 0.6) is 0 Å². The van der Waals surface area contributed by atoms with E-state index in [1.54, 1.807) is 23.1 Å². The lowest BCUT2D eigenvalue weighted by atomic mass is 9.97. The quantitative estimate of drug-likeness (QED) is 0.856. The lowest BCUT2D eigenvalue weighted by Crippen LogP contribution is -2.30. The number of hydrogen-bond donors (Lipinski definition) is 0. The van der Waals surface area contributed by atoms with Crippen molar-refractivity contribution in [2.75, 3.05) is 5.75 Å². The highest BCUT2D eigenvalue weighted by Crippen LogP contribution is 2.39. The third-order valence-electron chi connectivity index (χ3n) is 3.29. The summed E-state index contributed by atoms with van der Waals surface area (Å²) in [6.07, 6.45) is 6.58. The summed E-state index contributed by atoms with van der Waals surface area (Å²) in [6.45, 7) is 2.07. The summed E-state index contributed by atoms with van der Waals surface area (Å²) < 4.78 is 1.81. The van der Waals surface area contributed by atoms with Crippen molar-refractivity contribution in [1.29, 1.82) is 0 Å². The smallest absolute Gasteiger partial charge is 0.193 e. The first-order valence-corrected chi connectivity index (χ1v) is 7.62. The molecule has 3 heterocycles. The Morgan fingerprint density at radius 2 is 2.53 bits per heavy atom. The van der Waals surface area contributed by atoms with Crippen LogP contribution in [0.25, 0.3) is 4.96 Å². The minimum Gasteiger partial charge on any atom is -0.298 e. The lowest BCUT2D eigenvalue weighted by Gasteiger charge is -2.19. The Morgan fingerprint density at radius 3 is 3.24 bits per heavy atom. The van der Waals surface area contributed by atoms with E-state index in [1.165, 1.54) is 0 Å². The third-order valence-corrected chi connectivity index (χ3v) is 5.63. The maximum absolute atomic E-state index is 12.3. The van der Waals surface area contributed by atoms with Crippen molar-refractivity contribution in [2.45, 2.75) is 30.9 Å². The molecule has 3 rings (SSSR count). The number of nitrogens with zero attached hydrogens (tertiary/aromatic N) is 2. The Balaban J connectivity index is 1.78. The van der Waals surface area contributed by atoms with Gasteiger partial charge in [-0.05, 0) is 25.5 Å². The van der Waals surface area contributed by atoms with Gasteiger partial charge in [0.25, 0.3) is 0 Å². The highest BCUT2D eigenvalue weighted by Gasteiger charge is 2.36. The van der Waals surface area contributed by atoms with E-state index in [1.807, 2.05) is 22.2 Å². The van der Waals surface area contributed by atoms with Gasteiger partial charge in [-0.3, -0.25) is 9.20 Å². The molecule has 17 heavy (non-hydrogen) atoms. The average Bonchev–Trinajstić information content (AvgIpc) is 2.93. The monoisotopic (exact) mass is 266 g/mol. The summed E-state index contributed by atoms with van der Waals surface area (Å²) in [6, 6.07) is 0. The fraction of sp³-hybridized carbons (Fsp3) is 0.500. The van der Waals surface area contributed by atoms with Gasteiger partial charge in [0.05, 0.1) is 16.9 Å². The fourth-order valence-corrected chi connectivity index (χ4v) is 4.19. The molecule has 0 bridgehead atoms. The molecule has 0 aliphatic carbocycles. The zero-order valence-electron chi connectivity index (χ0n) is 9.68. The number of rotatable bonds is 3. The Bertz CT molecular complexity index is 523. The molecule has 90 valence electrons. The normalized spacial score (nSPS) is 24.5. The molecule has 1 saturated heterocycles. The molecule has 0 radical (unpaired) electrons. The second-order valence-corrected chi connectivity index (χ2v) is 7.08. The predicted octanol–water partition coefficient (Wildman–Crippen LogP) is 2.79. The molecule has 1 fully saturated rings. The van der Waals surface area contributed by atoms with E-state index in [0.717, 1.165) is 29.2 Å². The Morgan fingerprint density at radius 1 is 1.65 bits per heavy atom. The molecular formula is C12H14N2OS2. The highest BCUT2D eigenvalue weighted by atomic mass is 32.2. The Labute approximate surface area is 108 Å². The summed E-state index contributed by atoms with van der Waals surface area (Å²) >= 11 is 3.40. The summed E-state index contributed by atoms with van der Waals surface area (Å²) in [5, 5.41) is 2.00. The maximum Gasteiger partial charge on any atom is 0.193 e. The number of aromatic nitrogens is 2. The van der Waals surface area contributed by atoms with Gasteiger partial charge in [-0.2, -0.15) is 0 Å². The van der Waals surface area contributed by atoms with E-state index in [0.29, 0.717) is 12.2 Å². The van der Waals surface area contributed by atoms with Crippen molar-refractivity contribution < 1.29 is 4.79 Å². The third kappa shape index (κ3) is 2.02. The van der Waals surface area contributed by atoms with E-state index >= 15 is 0 Å². The number of hydrogen-bond acceptors (Lipinski definition) is 4. The van der Waals surface area contributed by atoms with Crippen molar-refractivity contribution >= 4 is 33.8 Å². The molecule has 0 amide bonds. The van der Waals surface area contributed by atoms with Gasteiger partial charge < -0.3 is 0 Å². The van der Waals surface area contributed by atoms with Gasteiger partial charge in [0, 0.05) is 17.8 Å². The van der Waals surface area contributed by atoms with Crippen LogP contribution in [0, 0.1) is 0 Å². The summed E-state index contributed by atoms with van der Waals surface area (Å²) in [4.78, 5) is 17.7. The molecule has 2 aromatic heterocycles. The second kappa shape index (κ2) is 4.14. The van der Waals surface area contributed by atoms with Crippen molar-refractivity contribution in [3.63, 3.8) is 0 Å². The van der Waals surface area contributed by atoms with E-state index in [2.05, 4.69) is 11.9 Å². The summed E-state index contributed by atoms with van der Waals surface area (Å²) in [7, 11) is 0. The first-order valence-electron chi connectivity index (χ1n) is 5.76. The van der Waals surface area contributed by atoms with Crippen LogP contribution in [0.2, 0.25) is 0 Å². The van der Waals surface area contributed by atoms with Gasteiger partial charge in [0.2, 0.25) is 0 Å². The molecule has 0 spiro atoms. The van der Waals surface area contributed by atoms with Crippen LogP contribution >= 0.6 is 23.1 Å². The number of carbonyl (C=O) groups excluding carboxylic acids is 1. The van der Waals surface area contributed by atoms with Gasteiger partial charge in [-0.25, -0.2) is 4.98 Å². The molecule has 1 aliphatic heterocycles. The Kier molecular flexibility index (Phi) is 2.75. The summed E-state index contributed by atoms with van der Waals surface area (Å²) in [5.74, 6) is 1.44. The molecule has 1 atom stereocenters. The molecule has 0 aromatic carbocycles. The van der Waals surface area contributed by atoms with E-state index in [9.17, 15) is 4.79 Å². The predicted molar refractivity (Wildman–Crippen MR) is 71.9 cm³/mol. The first kappa shape index (κ1) is 11.3. The van der Waals surface area contributed by atoms with Gasteiger partial charge >= 0.3 is 0 Å². The number of carbonyl (C=O) groups is 1. The zero-order valence-corrected chi connectivity index (χ0v) is 11.3. The van der Waals surface area contributed by atoms with Crippen molar-refractivity contribution in [1.82, 2.24) is 9.38 Å². The minimum absolute atomic E-state index is 0.170. The standard InChI is InChI=1S/C12H14N2OS2/c1-12(3-2-5-17-12)10(15)7-9-8-14-4-6-16-11(14)13-9/h4,6,8H,2-3,5,7H2,1H3. The molecule has 5 heteroatoms. The number of Topliss-reactive ketones (excluding diaryl/α,β-unsaturated/α-hetero) is 1. The van der Waals surface area contributed by atoms with Gasteiger partial charge in [0.15, 0.2) is 10.7 Å². The number of thioether (sulfide) groups is 1. The molecule has 0 saturated carbocycles. The van der Waals surface area contributed by atoms with Crippen LogP contribution < -0.4 is 0 Å². The largest absolute Gasteiger partial charge is 0.298 e. The molecule has 2 aromatic rings. The lowest BCUT2D eigenvalue weighted by molar-refractivity contribution is -0.120. The number of fused-ring (bicyclic) bond motifs is 1. The van der Waals surface area contributed by atoms with Crippen molar-refractivity contribution in [2.24, 2.45) is 0 Å². The number of thiazole rings is 1. The molecular weight excluding hydrogens is 252 g/mol. The van der Waals surface area contributed by atoms with Crippen LogP contribution in [-0.4, -0.2) is 25.7 Å². The molecule has 1 aliphatic rings. The van der Waals surface area contributed by atoms with E-state index in [-0.39, 0.29) is 4.75 Å². The topological polar surface area (TPSA) is 34.4 Å². The second-order valence-electron chi connectivity index (χ2n) is 4.61. The Hall–Kier alpha value is -0.810. The molecule has 1 unspecified atom stereocenters. The van der Waals surface area contributed by atoms with E-state index < -0.39 is 0 Å². The SMILES string of the molecule is CC1(C(=O)Cc2cn3ccsc3n2)CCCS1. The van der Waals surface area contributed by atoms with Crippen LogP contribution in [0.3, 0.4) is 0 Å². The number of imidazole rings is 1. The minimum atomic E-state index is -0.170. The van der Waals surface area contributed by atoms with Crippen LogP contribution in [0.1, 0.15) is 25.5 Å². The fourth-order valence-electron chi connectivity index (χ4n) is 2.21. The number of ketones is 1. The maximum atomic E-state index is 12.3. The van der Waals surface area contributed by atoms with Crippen LogP contribution in [0.4, 0.5) is 0 Å². The zero-order chi connectivity index (χ0) is 11.9.